The predicted octanol–water partition coefficient (Wildman–Crippen LogP) is 4.77. The number of nitrogens with zero attached hydrogens (tertiary/aromatic N) is 2. The van der Waals surface area contributed by atoms with Crippen molar-refractivity contribution in [1.29, 1.82) is 0 Å². The summed E-state index contributed by atoms with van der Waals surface area (Å²) in [7, 11) is 0. The second kappa shape index (κ2) is 10.7. The fourth-order valence-corrected chi connectivity index (χ4v) is 4.55. The number of amides is 3. The molecule has 0 spiro atoms. The lowest BCUT2D eigenvalue weighted by atomic mass is 10.1. The normalized spacial score (nSPS) is 13.4. The molecule has 1 aliphatic heterocycles. The SMILES string of the molecule is CC(C)CNC(=O)[C@H](C)N(Cc1ccccc1)C(=O)CCCN1C(=O)c2cccc3cccc1c23. The Balaban J connectivity index is 1.44. The molecular formula is C29H33N3O3. The molecule has 3 aromatic rings. The third kappa shape index (κ3) is 5.37. The maximum Gasteiger partial charge on any atom is 0.258 e. The Morgan fingerprint density at radius 3 is 2.37 bits per heavy atom. The molecule has 4 rings (SSSR count). The van der Waals surface area contributed by atoms with Gasteiger partial charge in [0.1, 0.15) is 6.04 Å². The van der Waals surface area contributed by atoms with Gasteiger partial charge in [0.15, 0.2) is 0 Å². The van der Waals surface area contributed by atoms with E-state index in [0.717, 1.165) is 22.0 Å². The molecule has 6 nitrogen and oxygen atoms in total. The van der Waals surface area contributed by atoms with Crippen LogP contribution in [0.1, 0.15) is 49.5 Å². The first kappa shape index (κ1) is 24.5. The summed E-state index contributed by atoms with van der Waals surface area (Å²) >= 11 is 0. The Morgan fingerprint density at radius 2 is 1.66 bits per heavy atom. The molecule has 0 bridgehead atoms. The van der Waals surface area contributed by atoms with Crippen molar-refractivity contribution in [1.82, 2.24) is 10.2 Å². The molecule has 182 valence electrons. The van der Waals surface area contributed by atoms with E-state index in [4.69, 9.17) is 0 Å². The maximum absolute atomic E-state index is 13.3. The van der Waals surface area contributed by atoms with Crippen molar-refractivity contribution < 1.29 is 14.4 Å². The lowest BCUT2D eigenvalue weighted by Crippen LogP contribution is -2.48. The molecule has 3 aromatic carbocycles. The Morgan fingerprint density at radius 1 is 0.943 bits per heavy atom. The summed E-state index contributed by atoms with van der Waals surface area (Å²) in [5.41, 5.74) is 2.59. The van der Waals surface area contributed by atoms with E-state index < -0.39 is 6.04 Å². The number of hydrogen-bond acceptors (Lipinski definition) is 3. The molecule has 0 aromatic heterocycles. The van der Waals surface area contributed by atoms with Crippen LogP contribution in [0.5, 0.6) is 0 Å². The molecule has 0 radical (unpaired) electrons. The van der Waals surface area contributed by atoms with E-state index in [2.05, 4.69) is 5.32 Å². The van der Waals surface area contributed by atoms with E-state index >= 15 is 0 Å². The summed E-state index contributed by atoms with van der Waals surface area (Å²) in [4.78, 5) is 42.6. The van der Waals surface area contributed by atoms with Crippen LogP contribution >= 0.6 is 0 Å². The molecule has 1 heterocycles. The summed E-state index contributed by atoms with van der Waals surface area (Å²) in [5, 5.41) is 4.97. The number of anilines is 1. The standard InChI is InChI=1S/C29H33N3O3/c1-20(2)18-30-28(34)21(3)32(19-22-10-5-4-6-11-22)26(33)16-9-17-31-25-15-8-13-23-12-7-14-24(27(23)25)29(31)35/h4-8,10-15,20-21H,9,16-19H2,1-3H3,(H,30,34)/t21-/m0/s1. The molecule has 0 unspecified atom stereocenters. The van der Waals surface area contributed by atoms with Gasteiger partial charge in [0.25, 0.3) is 5.91 Å². The Labute approximate surface area is 206 Å². The van der Waals surface area contributed by atoms with Crippen LogP contribution in [0.3, 0.4) is 0 Å². The minimum atomic E-state index is -0.590. The summed E-state index contributed by atoms with van der Waals surface area (Å²) in [6.45, 7) is 7.24. The minimum Gasteiger partial charge on any atom is -0.354 e. The van der Waals surface area contributed by atoms with Gasteiger partial charge in [0.2, 0.25) is 11.8 Å². The van der Waals surface area contributed by atoms with Crippen molar-refractivity contribution in [3.8, 4) is 0 Å². The van der Waals surface area contributed by atoms with Crippen LogP contribution in [0.25, 0.3) is 10.8 Å². The van der Waals surface area contributed by atoms with E-state index in [9.17, 15) is 14.4 Å². The molecule has 1 aliphatic rings. The Hall–Kier alpha value is -3.67. The van der Waals surface area contributed by atoms with Gasteiger partial charge in [-0.1, -0.05) is 68.4 Å². The third-order valence-electron chi connectivity index (χ3n) is 6.47. The van der Waals surface area contributed by atoms with Crippen LogP contribution in [-0.4, -0.2) is 41.8 Å². The zero-order valence-electron chi connectivity index (χ0n) is 20.7. The maximum atomic E-state index is 13.3. The molecule has 6 heteroatoms. The highest BCUT2D eigenvalue weighted by atomic mass is 16.2. The van der Waals surface area contributed by atoms with Gasteiger partial charge in [-0.3, -0.25) is 14.4 Å². The smallest absolute Gasteiger partial charge is 0.258 e. The van der Waals surface area contributed by atoms with Gasteiger partial charge in [0, 0.05) is 37.0 Å². The van der Waals surface area contributed by atoms with Crippen LogP contribution in [-0.2, 0) is 16.1 Å². The van der Waals surface area contributed by atoms with E-state index in [1.165, 1.54) is 0 Å². The van der Waals surface area contributed by atoms with E-state index in [1.807, 2.05) is 80.6 Å². The molecule has 1 N–H and O–H groups in total. The molecule has 0 aliphatic carbocycles. The van der Waals surface area contributed by atoms with Crippen LogP contribution in [0.15, 0.2) is 66.7 Å². The fourth-order valence-electron chi connectivity index (χ4n) is 4.55. The number of carbonyl (C=O) groups is 3. The zero-order valence-corrected chi connectivity index (χ0v) is 20.7. The molecule has 0 fully saturated rings. The first-order valence-corrected chi connectivity index (χ1v) is 12.3. The number of hydrogen-bond donors (Lipinski definition) is 1. The van der Waals surface area contributed by atoms with Crippen molar-refractivity contribution in [2.24, 2.45) is 5.92 Å². The average Bonchev–Trinajstić information content (AvgIpc) is 3.14. The van der Waals surface area contributed by atoms with Crippen LogP contribution in [0.4, 0.5) is 5.69 Å². The number of carbonyl (C=O) groups excluding carboxylic acids is 3. The van der Waals surface area contributed by atoms with E-state index in [0.29, 0.717) is 37.5 Å². The number of rotatable bonds is 10. The highest BCUT2D eigenvalue weighted by Crippen LogP contribution is 2.37. The lowest BCUT2D eigenvalue weighted by Gasteiger charge is -2.29. The summed E-state index contributed by atoms with van der Waals surface area (Å²) in [6.07, 6.45) is 0.769. The molecule has 0 saturated heterocycles. The average molecular weight is 472 g/mol. The summed E-state index contributed by atoms with van der Waals surface area (Å²) in [6, 6.07) is 20.8. The van der Waals surface area contributed by atoms with E-state index in [1.54, 1.807) is 16.7 Å². The third-order valence-corrected chi connectivity index (χ3v) is 6.47. The van der Waals surface area contributed by atoms with Crippen LogP contribution < -0.4 is 10.2 Å². The van der Waals surface area contributed by atoms with Crippen molar-refractivity contribution in [2.75, 3.05) is 18.0 Å². The highest BCUT2D eigenvalue weighted by molar-refractivity contribution is 6.25. The first-order valence-electron chi connectivity index (χ1n) is 12.3. The first-order chi connectivity index (χ1) is 16.9. The second-order valence-electron chi connectivity index (χ2n) is 9.56. The summed E-state index contributed by atoms with van der Waals surface area (Å²) < 4.78 is 0. The van der Waals surface area contributed by atoms with Gasteiger partial charge in [-0.15, -0.1) is 0 Å². The lowest BCUT2D eigenvalue weighted by molar-refractivity contribution is -0.140. The summed E-state index contributed by atoms with van der Waals surface area (Å²) in [5.74, 6) is 0.0612. The predicted molar refractivity (Wildman–Crippen MR) is 139 cm³/mol. The van der Waals surface area contributed by atoms with Gasteiger partial charge in [-0.05, 0) is 42.3 Å². The molecular weight excluding hydrogens is 438 g/mol. The number of nitrogens with one attached hydrogen (secondary N) is 1. The van der Waals surface area contributed by atoms with Crippen molar-refractivity contribution in [2.45, 2.75) is 46.2 Å². The van der Waals surface area contributed by atoms with Gasteiger partial charge >= 0.3 is 0 Å². The second-order valence-corrected chi connectivity index (χ2v) is 9.56. The molecule has 3 amide bonds. The zero-order chi connectivity index (χ0) is 24.9. The van der Waals surface area contributed by atoms with Crippen LogP contribution in [0.2, 0.25) is 0 Å². The Kier molecular flexibility index (Phi) is 7.49. The van der Waals surface area contributed by atoms with Crippen molar-refractivity contribution in [3.63, 3.8) is 0 Å². The number of benzene rings is 3. The van der Waals surface area contributed by atoms with Crippen molar-refractivity contribution in [3.05, 3.63) is 77.9 Å². The van der Waals surface area contributed by atoms with Gasteiger partial charge in [-0.25, -0.2) is 0 Å². The van der Waals surface area contributed by atoms with Crippen LogP contribution in [0, 0.1) is 5.92 Å². The van der Waals surface area contributed by atoms with Gasteiger partial charge in [0.05, 0.1) is 5.69 Å². The molecule has 1 atom stereocenters. The highest BCUT2D eigenvalue weighted by Gasteiger charge is 2.30. The van der Waals surface area contributed by atoms with Gasteiger partial charge in [-0.2, -0.15) is 0 Å². The molecule has 0 saturated carbocycles. The monoisotopic (exact) mass is 471 g/mol. The van der Waals surface area contributed by atoms with Crippen molar-refractivity contribution >= 4 is 34.2 Å². The Bertz CT molecular complexity index is 1220. The molecule has 35 heavy (non-hydrogen) atoms. The fraction of sp³-hybridized carbons (Fsp3) is 0.345. The van der Waals surface area contributed by atoms with E-state index in [-0.39, 0.29) is 24.1 Å². The quantitative estimate of drug-likeness (QED) is 0.463. The largest absolute Gasteiger partial charge is 0.354 e. The minimum absolute atomic E-state index is 0.0215. The topological polar surface area (TPSA) is 69.7 Å². The van der Waals surface area contributed by atoms with Gasteiger partial charge < -0.3 is 15.1 Å².